The molecule has 14 nitrogen and oxygen atoms in total. The van der Waals surface area contributed by atoms with Gasteiger partial charge >= 0.3 is 0 Å². The molecule has 2 rings (SSSR count). The van der Waals surface area contributed by atoms with Crippen LogP contribution in [0.1, 0.15) is 284 Å². The summed E-state index contributed by atoms with van der Waals surface area (Å²) in [5.74, 6) is -0.237. The predicted molar refractivity (Wildman–Crippen MR) is 323 cm³/mol. The van der Waals surface area contributed by atoms with Crippen molar-refractivity contribution in [2.75, 3.05) is 19.8 Å². The van der Waals surface area contributed by atoms with Crippen LogP contribution in [0.25, 0.3) is 0 Å². The summed E-state index contributed by atoms with van der Waals surface area (Å²) in [6.45, 7) is 2.82. The van der Waals surface area contributed by atoms with Crippen molar-refractivity contribution >= 4 is 5.91 Å². The largest absolute Gasteiger partial charge is 0.394 e. The van der Waals surface area contributed by atoms with Crippen molar-refractivity contribution < 1.29 is 64.6 Å². The molecule has 2 saturated heterocycles. The molecular weight excluding hydrogens is 1010 g/mol. The van der Waals surface area contributed by atoms with E-state index in [9.17, 15) is 45.6 Å². The van der Waals surface area contributed by atoms with Crippen LogP contribution in [0, 0.1) is 0 Å². The lowest BCUT2D eigenvalue weighted by Crippen LogP contribution is -2.65. The number of unbranched alkanes of at least 4 members (excludes halogenated alkanes) is 37. The summed E-state index contributed by atoms with van der Waals surface area (Å²) in [5, 5.41) is 87.3. The number of hydrogen-bond acceptors (Lipinski definition) is 13. The number of nitrogens with one attached hydrogen (secondary N) is 1. The zero-order valence-electron chi connectivity index (χ0n) is 50.8. The second-order valence-corrected chi connectivity index (χ2v) is 23.6. The molecule has 0 spiro atoms. The summed E-state index contributed by atoms with van der Waals surface area (Å²) >= 11 is 0. The first-order chi connectivity index (χ1) is 39.1. The molecular formula is C66H123NO13. The minimum absolute atomic E-state index is 0.237. The van der Waals surface area contributed by atoms with Crippen LogP contribution in [0.3, 0.4) is 0 Å². The molecule has 0 aliphatic carbocycles. The van der Waals surface area contributed by atoms with Gasteiger partial charge in [-0.15, -0.1) is 0 Å². The predicted octanol–water partition coefficient (Wildman–Crippen LogP) is 12.6. The third-order valence-corrected chi connectivity index (χ3v) is 16.3. The van der Waals surface area contributed by atoms with E-state index in [0.29, 0.717) is 6.42 Å². The molecule has 0 aromatic carbocycles. The van der Waals surface area contributed by atoms with Gasteiger partial charge < -0.3 is 65.1 Å². The first-order valence-corrected chi connectivity index (χ1v) is 33.2. The average Bonchev–Trinajstić information content (AvgIpc) is 3.49. The number of hydrogen-bond donors (Lipinski definition) is 9. The SMILES string of the molecule is CCCCCCC/C=C\C/C=C\CCCCCCCCCCCCCCCC(=O)NC(COC1OC(CO)C(OC2OC(CO)C(O)C(O)C2O)C(O)C1O)C(O)/C=C/CCCCCCCCCCCCCCCCCCCCC. The van der Waals surface area contributed by atoms with E-state index in [-0.39, 0.29) is 18.9 Å². The molecule has 2 aliphatic rings. The van der Waals surface area contributed by atoms with Gasteiger partial charge in [0.2, 0.25) is 5.91 Å². The molecule has 80 heavy (non-hydrogen) atoms. The number of aliphatic hydroxyl groups is 8. The van der Waals surface area contributed by atoms with Crippen LogP contribution in [0.15, 0.2) is 36.5 Å². The third-order valence-electron chi connectivity index (χ3n) is 16.3. The Morgan fingerprint density at radius 2 is 0.825 bits per heavy atom. The maximum atomic E-state index is 13.3. The number of aliphatic hydroxyl groups excluding tert-OH is 8. The highest BCUT2D eigenvalue weighted by Crippen LogP contribution is 2.30. The number of allylic oxidation sites excluding steroid dienone is 5. The van der Waals surface area contributed by atoms with Crippen LogP contribution in [-0.2, 0) is 23.7 Å². The summed E-state index contributed by atoms with van der Waals surface area (Å²) in [5.41, 5.74) is 0. The topological polar surface area (TPSA) is 228 Å². The molecule has 9 N–H and O–H groups in total. The van der Waals surface area contributed by atoms with Gasteiger partial charge in [-0.3, -0.25) is 4.79 Å². The minimum Gasteiger partial charge on any atom is -0.394 e. The molecule has 14 heteroatoms. The van der Waals surface area contributed by atoms with E-state index in [1.165, 1.54) is 212 Å². The molecule has 0 saturated carbocycles. The molecule has 0 aromatic heterocycles. The van der Waals surface area contributed by atoms with E-state index in [4.69, 9.17) is 18.9 Å². The second kappa shape index (κ2) is 51.6. The molecule has 1 amide bonds. The molecule has 470 valence electrons. The Labute approximate surface area is 487 Å². The van der Waals surface area contributed by atoms with Crippen molar-refractivity contribution in [3.8, 4) is 0 Å². The van der Waals surface area contributed by atoms with Crippen LogP contribution >= 0.6 is 0 Å². The molecule has 0 aromatic rings. The van der Waals surface area contributed by atoms with Crippen LogP contribution in [-0.4, -0.2) is 140 Å². The maximum Gasteiger partial charge on any atom is 0.220 e. The number of carbonyl (C=O) groups is 1. The zero-order chi connectivity index (χ0) is 58.1. The van der Waals surface area contributed by atoms with Gasteiger partial charge in [-0.2, -0.15) is 0 Å². The van der Waals surface area contributed by atoms with Gasteiger partial charge in [0.25, 0.3) is 0 Å². The smallest absolute Gasteiger partial charge is 0.220 e. The summed E-state index contributed by atoms with van der Waals surface area (Å²) < 4.78 is 22.8. The normalized spacial score (nSPS) is 24.4. The van der Waals surface area contributed by atoms with Crippen molar-refractivity contribution in [2.24, 2.45) is 0 Å². The summed E-state index contributed by atoms with van der Waals surface area (Å²) in [6.07, 6.45) is 47.5. The average molecular weight is 1140 g/mol. The fourth-order valence-electron chi connectivity index (χ4n) is 11.0. The Bertz CT molecular complexity index is 1480. The molecule has 0 radical (unpaired) electrons. The molecule has 2 fully saturated rings. The van der Waals surface area contributed by atoms with Gasteiger partial charge in [-0.05, 0) is 51.4 Å². The maximum absolute atomic E-state index is 13.3. The van der Waals surface area contributed by atoms with Crippen molar-refractivity contribution in [1.82, 2.24) is 5.32 Å². The van der Waals surface area contributed by atoms with E-state index < -0.39 is 86.8 Å². The number of rotatable bonds is 54. The van der Waals surface area contributed by atoms with Crippen LogP contribution < -0.4 is 5.32 Å². The van der Waals surface area contributed by atoms with Gasteiger partial charge in [0, 0.05) is 6.42 Å². The first kappa shape index (κ1) is 74.3. The van der Waals surface area contributed by atoms with Crippen LogP contribution in [0.5, 0.6) is 0 Å². The fourth-order valence-corrected chi connectivity index (χ4v) is 11.0. The molecule has 2 aliphatic heterocycles. The minimum atomic E-state index is -1.79. The quantitative estimate of drug-likeness (QED) is 0.0204. The monoisotopic (exact) mass is 1140 g/mol. The fraction of sp³-hybridized carbons (Fsp3) is 0.894. The van der Waals surface area contributed by atoms with Crippen LogP contribution in [0.2, 0.25) is 0 Å². The lowest BCUT2D eigenvalue weighted by atomic mass is 9.97. The van der Waals surface area contributed by atoms with E-state index in [1.54, 1.807) is 6.08 Å². The standard InChI is InChI=1S/C66H123NO13/c1-3-5-7-9-11-13-15-17-19-21-23-25-26-27-28-30-32-34-36-38-40-42-44-46-48-50-58(71)67-54(55(70)49-47-45-43-41-39-37-35-33-31-29-24-22-20-18-16-14-12-10-8-6-4-2)53-77-65-63(76)61(74)64(57(52-69)79-65)80-66-62(75)60(73)59(72)56(51-68)78-66/h15,17,21,23,47,49,54-57,59-66,68-70,72-76H,3-14,16,18-20,22,24-46,48,50-53H2,1-2H3,(H,67,71)/b17-15-,23-21-,49-47+. The molecule has 0 bridgehead atoms. The van der Waals surface area contributed by atoms with Crippen LogP contribution in [0.4, 0.5) is 0 Å². The van der Waals surface area contributed by atoms with Crippen molar-refractivity contribution in [1.29, 1.82) is 0 Å². The Kier molecular flexibility index (Phi) is 47.9. The molecule has 12 atom stereocenters. The van der Waals surface area contributed by atoms with E-state index in [1.807, 2.05) is 6.08 Å². The summed E-state index contributed by atoms with van der Waals surface area (Å²) in [4.78, 5) is 13.3. The Morgan fingerprint density at radius 3 is 1.25 bits per heavy atom. The molecule has 12 unspecified atom stereocenters. The van der Waals surface area contributed by atoms with Gasteiger partial charge in [0.05, 0.1) is 32.0 Å². The van der Waals surface area contributed by atoms with E-state index in [0.717, 1.165) is 44.9 Å². The van der Waals surface area contributed by atoms with E-state index in [2.05, 4.69) is 43.5 Å². The third kappa shape index (κ3) is 36.1. The van der Waals surface area contributed by atoms with Crippen molar-refractivity contribution in [3.63, 3.8) is 0 Å². The zero-order valence-corrected chi connectivity index (χ0v) is 50.8. The van der Waals surface area contributed by atoms with Crippen molar-refractivity contribution in [3.05, 3.63) is 36.5 Å². The Balaban J connectivity index is 1.71. The first-order valence-electron chi connectivity index (χ1n) is 33.2. The van der Waals surface area contributed by atoms with Gasteiger partial charge in [-0.25, -0.2) is 0 Å². The van der Waals surface area contributed by atoms with E-state index >= 15 is 0 Å². The summed E-state index contributed by atoms with van der Waals surface area (Å²) in [6, 6.07) is -0.915. The van der Waals surface area contributed by atoms with Gasteiger partial charge in [0.15, 0.2) is 12.6 Å². The number of ether oxygens (including phenoxy) is 4. The highest BCUT2D eigenvalue weighted by atomic mass is 16.7. The Hall–Kier alpha value is -1.79. The van der Waals surface area contributed by atoms with Gasteiger partial charge in [0.1, 0.15) is 48.8 Å². The summed E-state index contributed by atoms with van der Waals surface area (Å²) in [7, 11) is 0. The highest BCUT2D eigenvalue weighted by Gasteiger charge is 2.51. The highest BCUT2D eigenvalue weighted by molar-refractivity contribution is 5.76. The van der Waals surface area contributed by atoms with Crippen molar-refractivity contribution in [2.45, 2.75) is 357 Å². The second-order valence-electron chi connectivity index (χ2n) is 23.6. The number of carbonyl (C=O) groups excluding carboxylic acids is 1. The Morgan fingerprint density at radius 1 is 0.450 bits per heavy atom. The lowest BCUT2D eigenvalue weighted by molar-refractivity contribution is -0.359. The lowest BCUT2D eigenvalue weighted by Gasteiger charge is -2.46. The number of amides is 1. The van der Waals surface area contributed by atoms with Gasteiger partial charge in [-0.1, -0.05) is 262 Å². The molecule has 2 heterocycles.